The van der Waals surface area contributed by atoms with Crippen LogP contribution in [0.5, 0.6) is 0 Å². The summed E-state index contributed by atoms with van der Waals surface area (Å²) in [6.07, 6.45) is 2.23. The first kappa shape index (κ1) is 21.8. The summed E-state index contributed by atoms with van der Waals surface area (Å²) in [6, 6.07) is 12.5. The average Bonchev–Trinajstić information content (AvgIpc) is 2.68. The second kappa shape index (κ2) is 11.3. The van der Waals surface area contributed by atoms with E-state index in [0.717, 1.165) is 0 Å². The Balaban J connectivity index is 1.72. The number of carbonyl (C=O) groups is 1. The number of nitrogens with zero attached hydrogens (tertiary/aromatic N) is 1. The van der Waals surface area contributed by atoms with E-state index in [0.29, 0.717) is 31.2 Å². The van der Waals surface area contributed by atoms with Crippen LogP contribution in [0.2, 0.25) is 0 Å². The molecule has 0 saturated carbocycles. The summed E-state index contributed by atoms with van der Waals surface area (Å²) in [5.41, 5.74) is 3.11. The fourth-order valence-corrected chi connectivity index (χ4v) is 3.38. The van der Waals surface area contributed by atoms with E-state index in [1.807, 2.05) is 0 Å². The Kier molecular flexibility index (Phi) is 8.81. The van der Waals surface area contributed by atoms with Crippen LogP contribution in [0.25, 0.3) is 0 Å². The Bertz CT molecular complexity index is 826. The highest BCUT2D eigenvalue weighted by molar-refractivity contribution is 7.98. The number of nitrogens with one attached hydrogen (secondary N) is 3. The van der Waals surface area contributed by atoms with Gasteiger partial charge in [-0.15, -0.1) is 11.8 Å². The van der Waals surface area contributed by atoms with Gasteiger partial charge in [0, 0.05) is 31.6 Å². The van der Waals surface area contributed by atoms with Crippen molar-refractivity contribution in [3.05, 3.63) is 65.0 Å². The lowest BCUT2D eigenvalue weighted by Crippen LogP contribution is -2.41. The second-order valence-corrected chi connectivity index (χ2v) is 7.17. The smallest absolute Gasteiger partial charge is 0.224 e. The Morgan fingerprint density at radius 2 is 1.89 bits per heavy atom. The van der Waals surface area contributed by atoms with Crippen molar-refractivity contribution >= 4 is 23.6 Å². The summed E-state index contributed by atoms with van der Waals surface area (Å²) in [5.74, 6) is 0.201. The fourth-order valence-electron chi connectivity index (χ4n) is 2.68. The second-order valence-electron chi connectivity index (χ2n) is 6.32. The van der Waals surface area contributed by atoms with E-state index >= 15 is 0 Å². The molecular weight excluding hydrogens is 375 g/mol. The normalized spacial score (nSPS) is 11.2. The van der Waals surface area contributed by atoms with Crippen molar-refractivity contribution < 1.29 is 9.18 Å². The zero-order valence-corrected chi connectivity index (χ0v) is 17.3. The summed E-state index contributed by atoms with van der Waals surface area (Å²) in [7, 11) is 1.71. The molecule has 2 rings (SSSR count). The minimum absolute atomic E-state index is 0.139. The first-order valence-corrected chi connectivity index (χ1v) is 10.3. The van der Waals surface area contributed by atoms with Gasteiger partial charge in [0.05, 0.1) is 6.42 Å². The highest BCUT2D eigenvalue weighted by Gasteiger charge is 2.05. The molecule has 5 nitrogen and oxygen atoms in total. The number of guanidine groups is 1. The van der Waals surface area contributed by atoms with Gasteiger partial charge >= 0.3 is 0 Å². The number of rotatable bonds is 8. The largest absolute Gasteiger partial charge is 0.355 e. The van der Waals surface area contributed by atoms with E-state index in [1.54, 1.807) is 30.9 Å². The number of hydrogen-bond acceptors (Lipinski definition) is 3. The highest BCUT2D eigenvalue weighted by atomic mass is 32.2. The van der Waals surface area contributed by atoms with E-state index in [2.05, 4.69) is 52.3 Å². The number of aliphatic imine (C=N–C) groups is 1. The zero-order valence-electron chi connectivity index (χ0n) is 16.5. The van der Waals surface area contributed by atoms with Gasteiger partial charge in [0.2, 0.25) is 5.91 Å². The van der Waals surface area contributed by atoms with Crippen molar-refractivity contribution in [1.29, 1.82) is 0 Å². The van der Waals surface area contributed by atoms with Crippen LogP contribution in [-0.4, -0.2) is 38.3 Å². The van der Waals surface area contributed by atoms with Gasteiger partial charge in [-0.3, -0.25) is 9.79 Å². The van der Waals surface area contributed by atoms with E-state index in [9.17, 15) is 9.18 Å². The molecule has 1 amide bonds. The fraction of sp³-hybridized carbons (Fsp3) is 0.333. The van der Waals surface area contributed by atoms with Gasteiger partial charge in [-0.05, 0) is 48.1 Å². The summed E-state index contributed by atoms with van der Waals surface area (Å²) in [4.78, 5) is 17.4. The molecular formula is C21H27FN4OS. The van der Waals surface area contributed by atoms with Crippen LogP contribution in [-0.2, 0) is 17.8 Å². The van der Waals surface area contributed by atoms with Crippen LogP contribution in [0, 0.1) is 12.7 Å². The van der Waals surface area contributed by atoms with E-state index in [-0.39, 0.29) is 18.1 Å². The van der Waals surface area contributed by atoms with Crippen molar-refractivity contribution in [2.24, 2.45) is 4.99 Å². The third kappa shape index (κ3) is 7.23. The molecule has 0 heterocycles. The maximum atomic E-state index is 13.2. The number of carbonyl (C=O) groups excluding carboxylic acids is 1. The van der Waals surface area contributed by atoms with Crippen molar-refractivity contribution in [2.75, 3.05) is 26.4 Å². The molecule has 0 fully saturated rings. The van der Waals surface area contributed by atoms with Crippen molar-refractivity contribution in [1.82, 2.24) is 16.0 Å². The molecule has 0 aliphatic heterocycles. The summed E-state index contributed by atoms with van der Waals surface area (Å²) in [6.45, 7) is 3.75. The number of thioether (sulfide) groups is 1. The molecule has 150 valence electrons. The van der Waals surface area contributed by atoms with Gasteiger partial charge in [-0.2, -0.15) is 0 Å². The molecule has 0 aliphatic carbocycles. The number of benzene rings is 2. The lowest BCUT2D eigenvalue weighted by Gasteiger charge is -2.14. The van der Waals surface area contributed by atoms with Crippen molar-refractivity contribution in [3.63, 3.8) is 0 Å². The minimum atomic E-state index is -0.333. The predicted molar refractivity (Wildman–Crippen MR) is 114 cm³/mol. The molecule has 2 aromatic rings. The standard InChI is InChI=1S/C21H27FN4OS/c1-15-7-8-17(19(11-15)28-3)14-26-21(23-2)25-10-9-24-20(27)13-16-5-4-6-18(22)12-16/h4-8,11-12H,9-10,13-14H2,1-3H3,(H,24,27)(H2,23,25,26). The van der Waals surface area contributed by atoms with Gasteiger partial charge in [0.15, 0.2) is 5.96 Å². The Morgan fingerprint density at radius 3 is 2.61 bits per heavy atom. The topological polar surface area (TPSA) is 65.5 Å². The lowest BCUT2D eigenvalue weighted by atomic mass is 10.1. The first-order chi connectivity index (χ1) is 13.5. The van der Waals surface area contributed by atoms with Crippen LogP contribution in [0.4, 0.5) is 4.39 Å². The molecule has 0 aromatic heterocycles. The van der Waals surface area contributed by atoms with Crippen molar-refractivity contribution in [2.45, 2.75) is 24.8 Å². The molecule has 3 N–H and O–H groups in total. The molecule has 7 heteroatoms. The lowest BCUT2D eigenvalue weighted by molar-refractivity contribution is -0.120. The number of aryl methyl sites for hydroxylation is 1. The molecule has 0 atom stereocenters. The predicted octanol–water partition coefficient (Wildman–Crippen LogP) is 2.88. The van der Waals surface area contributed by atoms with Gasteiger partial charge in [0.1, 0.15) is 5.82 Å². The Morgan fingerprint density at radius 1 is 1.11 bits per heavy atom. The van der Waals surface area contributed by atoms with E-state index < -0.39 is 0 Å². The van der Waals surface area contributed by atoms with Gasteiger partial charge in [0.25, 0.3) is 0 Å². The SMILES string of the molecule is CN=C(NCCNC(=O)Cc1cccc(F)c1)NCc1ccc(C)cc1SC. The number of hydrogen-bond donors (Lipinski definition) is 3. The quantitative estimate of drug-likeness (QED) is 0.275. The molecule has 0 bridgehead atoms. The van der Waals surface area contributed by atoms with Gasteiger partial charge in [-0.25, -0.2) is 4.39 Å². The van der Waals surface area contributed by atoms with Crippen LogP contribution >= 0.6 is 11.8 Å². The van der Waals surface area contributed by atoms with Crippen LogP contribution in [0.1, 0.15) is 16.7 Å². The monoisotopic (exact) mass is 402 g/mol. The molecule has 2 aromatic carbocycles. The summed E-state index contributed by atoms with van der Waals surface area (Å²) in [5, 5.41) is 9.28. The van der Waals surface area contributed by atoms with Crippen molar-refractivity contribution in [3.8, 4) is 0 Å². The Hall–Kier alpha value is -2.54. The summed E-state index contributed by atoms with van der Waals surface area (Å²) >= 11 is 1.72. The molecule has 0 aliphatic rings. The number of amides is 1. The Labute approximate surface area is 170 Å². The molecule has 28 heavy (non-hydrogen) atoms. The van der Waals surface area contributed by atoms with E-state index in [1.165, 1.54) is 28.2 Å². The minimum Gasteiger partial charge on any atom is -0.355 e. The molecule has 0 unspecified atom stereocenters. The van der Waals surface area contributed by atoms with Crippen LogP contribution < -0.4 is 16.0 Å². The van der Waals surface area contributed by atoms with Gasteiger partial charge < -0.3 is 16.0 Å². The first-order valence-electron chi connectivity index (χ1n) is 9.11. The maximum Gasteiger partial charge on any atom is 0.224 e. The van der Waals surface area contributed by atoms with Crippen LogP contribution in [0.15, 0.2) is 52.4 Å². The van der Waals surface area contributed by atoms with E-state index in [4.69, 9.17) is 0 Å². The van der Waals surface area contributed by atoms with Crippen LogP contribution in [0.3, 0.4) is 0 Å². The third-order valence-corrected chi connectivity index (χ3v) is 4.93. The van der Waals surface area contributed by atoms with Gasteiger partial charge in [-0.1, -0.05) is 24.3 Å². The third-order valence-electron chi connectivity index (χ3n) is 4.11. The molecule has 0 radical (unpaired) electrons. The molecule has 0 saturated heterocycles. The number of halogens is 1. The maximum absolute atomic E-state index is 13.2. The average molecular weight is 403 g/mol. The highest BCUT2D eigenvalue weighted by Crippen LogP contribution is 2.21. The summed E-state index contributed by atoms with van der Waals surface area (Å²) < 4.78 is 13.2. The zero-order chi connectivity index (χ0) is 20.4. The molecule has 0 spiro atoms.